The number of fused-ring (bicyclic) bond motifs is 1. The van der Waals surface area contributed by atoms with Crippen LogP contribution in [0.3, 0.4) is 0 Å². The fourth-order valence-corrected chi connectivity index (χ4v) is 3.49. The van der Waals surface area contributed by atoms with Gasteiger partial charge in [-0.2, -0.15) is 0 Å². The van der Waals surface area contributed by atoms with Crippen molar-refractivity contribution in [2.75, 3.05) is 6.54 Å². The molecule has 2 aromatic heterocycles. The van der Waals surface area contributed by atoms with Gasteiger partial charge in [-0.05, 0) is 37.1 Å². The van der Waals surface area contributed by atoms with Crippen molar-refractivity contribution in [2.45, 2.75) is 31.8 Å². The summed E-state index contributed by atoms with van der Waals surface area (Å²) < 4.78 is 5.37. The number of para-hydroxylation sites is 1. The van der Waals surface area contributed by atoms with Crippen LogP contribution in [0.15, 0.2) is 41.0 Å². The number of aliphatic hydroxyl groups excluding tert-OH is 1. The quantitative estimate of drug-likeness (QED) is 0.681. The number of carbonyl (C=O) groups excluding carboxylic acids is 1. The summed E-state index contributed by atoms with van der Waals surface area (Å²) in [6.07, 6.45) is 5.22. The molecule has 1 fully saturated rings. The first-order chi connectivity index (χ1) is 12.2. The molecule has 2 heterocycles. The fraction of sp³-hybridized carbons (Fsp3) is 0.368. The number of nitrogens with one attached hydrogen (secondary N) is 2. The number of imidazole rings is 1. The van der Waals surface area contributed by atoms with Gasteiger partial charge in [0.1, 0.15) is 5.52 Å². The largest absolute Gasteiger partial charge is 0.461 e. The van der Waals surface area contributed by atoms with Crippen molar-refractivity contribution < 1.29 is 14.3 Å². The molecule has 0 spiro atoms. The third kappa shape index (κ3) is 3.17. The van der Waals surface area contributed by atoms with E-state index in [1.807, 2.05) is 18.2 Å². The van der Waals surface area contributed by atoms with Crippen molar-refractivity contribution in [2.24, 2.45) is 5.92 Å². The number of rotatable bonds is 4. The van der Waals surface area contributed by atoms with E-state index in [2.05, 4.69) is 15.3 Å². The summed E-state index contributed by atoms with van der Waals surface area (Å²) in [6.45, 7) is 0.492. The molecule has 1 aromatic carbocycles. The molecule has 6 nitrogen and oxygen atoms in total. The maximum atomic E-state index is 12.6. The molecule has 0 unspecified atom stereocenters. The number of hydrogen-bond donors (Lipinski definition) is 3. The lowest BCUT2D eigenvalue weighted by molar-refractivity contribution is 0.0663. The molecule has 4 rings (SSSR count). The van der Waals surface area contributed by atoms with Crippen molar-refractivity contribution in [3.05, 3.63) is 42.2 Å². The van der Waals surface area contributed by atoms with Gasteiger partial charge in [0.15, 0.2) is 11.6 Å². The summed E-state index contributed by atoms with van der Waals surface area (Å²) in [6, 6.07) is 9.10. The van der Waals surface area contributed by atoms with E-state index >= 15 is 0 Å². The van der Waals surface area contributed by atoms with E-state index in [1.165, 1.54) is 0 Å². The van der Waals surface area contributed by atoms with E-state index in [4.69, 9.17) is 4.42 Å². The van der Waals surface area contributed by atoms with E-state index in [1.54, 1.807) is 18.4 Å². The summed E-state index contributed by atoms with van der Waals surface area (Å²) in [5.41, 5.74) is 1.93. The summed E-state index contributed by atoms with van der Waals surface area (Å²) in [4.78, 5) is 20.3. The molecule has 3 N–H and O–H groups in total. The highest BCUT2D eigenvalue weighted by Crippen LogP contribution is 2.25. The van der Waals surface area contributed by atoms with Gasteiger partial charge < -0.3 is 19.8 Å². The van der Waals surface area contributed by atoms with Gasteiger partial charge >= 0.3 is 0 Å². The molecule has 0 saturated heterocycles. The molecule has 130 valence electrons. The smallest absolute Gasteiger partial charge is 0.253 e. The van der Waals surface area contributed by atoms with Crippen molar-refractivity contribution in [1.29, 1.82) is 0 Å². The number of H-pyrrole nitrogens is 1. The summed E-state index contributed by atoms with van der Waals surface area (Å²) in [5.74, 6) is 1.20. The second kappa shape index (κ2) is 6.72. The average molecular weight is 339 g/mol. The predicted molar refractivity (Wildman–Crippen MR) is 94.1 cm³/mol. The number of carbonyl (C=O) groups is 1. The Morgan fingerprint density at radius 2 is 2.16 bits per heavy atom. The number of furan rings is 1. The highest BCUT2D eigenvalue weighted by atomic mass is 16.3. The monoisotopic (exact) mass is 339 g/mol. The SMILES string of the molecule is O=C(NC[C@H]1CCCC[C@H]1O)c1cccc2[nH]c(-c3ccco3)nc12. The highest BCUT2D eigenvalue weighted by molar-refractivity contribution is 6.05. The molecule has 0 bridgehead atoms. The van der Waals surface area contributed by atoms with Crippen LogP contribution in [-0.4, -0.2) is 33.6 Å². The molecule has 1 aliphatic rings. The normalized spacial score (nSPS) is 20.7. The Kier molecular flexibility index (Phi) is 4.28. The Hall–Kier alpha value is -2.60. The van der Waals surface area contributed by atoms with E-state index < -0.39 is 0 Å². The number of aromatic amines is 1. The van der Waals surface area contributed by atoms with Crippen LogP contribution in [0.5, 0.6) is 0 Å². The topological polar surface area (TPSA) is 91.2 Å². The molecular weight excluding hydrogens is 318 g/mol. The number of benzene rings is 1. The van der Waals surface area contributed by atoms with Crippen LogP contribution in [0.2, 0.25) is 0 Å². The van der Waals surface area contributed by atoms with Crippen LogP contribution < -0.4 is 5.32 Å². The zero-order valence-electron chi connectivity index (χ0n) is 13.9. The number of aliphatic hydroxyl groups is 1. The fourth-order valence-electron chi connectivity index (χ4n) is 3.49. The van der Waals surface area contributed by atoms with Gasteiger partial charge in [-0.1, -0.05) is 18.9 Å². The molecule has 2 atom stereocenters. The van der Waals surface area contributed by atoms with Crippen molar-refractivity contribution in [3.8, 4) is 11.6 Å². The molecule has 1 saturated carbocycles. The number of amides is 1. The summed E-state index contributed by atoms with van der Waals surface area (Å²) >= 11 is 0. The van der Waals surface area contributed by atoms with Gasteiger partial charge in [0.2, 0.25) is 0 Å². The van der Waals surface area contributed by atoms with Gasteiger partial charge in [0.05, 0.1) is 23.4 Å². The highest BCUT2D eigenvalue weighted by Gasteiger charge is 2.24. The number of hydrogen-bond acceptors (Lipinski definition) is 4. The van der Waals surface area contributed by atoms with Gasteiger partial charge in [-0.15, -0.1) is 0 Å². The maximum Gasteiger partial charge on any atom is 0.253 e. The van der Waals surface area contributed by atoms with E-state index in [9.17, 15) is 9.90 Å². The van der Waals surface area contributed by atoms with Crippen LogP contribution in [0, 0.1) is 5.92 Å². The average Bonchev–Trinajstić information content (AvgIpc) is 3.29. The van der Waals surface area contributed by atoms with Gasteiger partial charge in [0, 0.05) is 12.5 Å². The minimum atomic E-state index is -0.319. The zero-order chi connectivity index (χ0) is 17.2. The molecule has 0 aliphatic heterocycles. The second-order valence-electron chi connectivity index (χ2n) is 6.59. The lowest BCUT2D eigenvalue weighted by Crippen LogP contribution is -2.36. The number of aromatic nitrogens is 2. The first-order valence-corrected chi connectivity index (χ1v) is 8.71. The Labute approximate surface area is 145 Å². The predicted octanol–water partition coefficient (Wildman–Crippen LogP) is 3.10. The lowest BCUT2D eigenvalue weighted by atomic mass is 9.86. The Balaban J connectivity index is 1.55. The van der Waals surface area contributed by atoms with Crippen LogP contribution in [0.4, 0.5) is 0 Å². The van der Waals surface area contributed by atoms with Gasteiger partial charge in [-0.25, -0.2) is 4.98 Å². The zero-order valence-corrected chi connectivity index (χ0v) is 13.9. The molecular formula is C19H21N3O3. The first-order valence-electron chi connectivity index (χ1n) is 8.71. The van der Waals surface area contributed by atoms with E-state index in [0.29, 0.717) is 29.2 Å². The molecule has 25 heavy (non-hydrogen) atoms. The summed E-state index contributed by atoms with van der Waals surface area (Å²) in [5, 5.41) is 13.0. The first kappa shape index (κ1) is 15.9. The maximum absolute atomic E-state index is 12.6. The third-order valence-corrected chi connectivity index (χ3v) is 4.91. The summed E-state index contributed by atoms with van der Waals surface area (Å²) in [7, 11) is 0. The lowest BCUT2D eigenvalue weighted by Gasteiger charge is -2.27. The van der Waals surface area contributed by atoms with E-state index in [-0.39, 0.29) is 17.9 Å². The van der Waals surface area contributed by atoms with Gasteiger partial charge in [0.25, 0.3) is 5.91 Å². The Morgan fingerprint density at radius 1 is 1.28 bits per heavy atom. The Bertz CT molecular complexity index is 869. The van der Waals surface area contributed by atoms with Crippen molar-refractivity contribution >= 4 is 16.9 Å². The van der Waals surface area contributed by atoms with Crippen LogP contribution in [0.1, 0.15) is 36.0 Å². The van der Waals surface area contributed by atoms with Crippen molar-refractivity contribution in [1.82, 2.24) is 15.3 Å². The molecule has 1 aliphatic carbocycles. The second-order valence-corrected chi connectivity index (χ2v) is 6.59. The van der Waals surface area contributed by atoms with E-state index in [0.717, 1.165) is 31.2 Å². The van der Waals surface area contributed by atoms with Crippen LogP contribution in [0.25, 0.3) is 22.6 Å². The molecule has 1 amide bonds. The van der Waals surface area contributed by atoms with Gasteiger partial charge in [-0.3, -0.25) is 4.79 Å². The van der Waals surface area contributed by atoms with Crippen molar-refractivity contribution in [3.63, 3.8) is 0 Å². The minimum Gasteiger partial charge on any atom is -0.461 e. The number of nitrogens with zero attached hydrogens (tertiary/aromatic N) is 1. The molecule has 3 aromatic rings. The minimum absolute atomic E-state index is 0.134. The Morgan fingerprint density at radius 3 is 2.96 bits per heavy atom. The molecule has 0 radical (unpaired) electrons. The van der Waals surface area contributed by atoms with Crippen LogP contribution in [-0.2, 0) is 0 Å². The molecule has 6 heteroatoms. The third-order valence-electron chi connectivity index (χ3n) is 4.91. The standard InChI is InChI=1S/C19H21N3O3/c23-15-8-2-1-5-12(15)11-20-19(24)13-6-3-7-14-17(13)22-18(21-14)16-9-4-10-25-16/h3-4,6-7,9-10,12,15,23H,1-2,5,8,11H2,(H,20,24)(H,21,22)/t12-,15-/m1/s1. The van der Waals surface area contributed by atoms with Crippen LogP contribution >= 0.6 is 0 Å².